The maximum Gasteiger partial charge on any atom is 0.205 e. The van der Waals surface area contributed by atoms with Crippen molar-refractivity contribution in [1.82, 2.24) is 9.97 Å². The molecule has 0 saturated carbocycles. The molecule has 7 nitrogen and oxygen atoms in total. The van der Waals surface area contributed by atoms with E-state index in [4.69, 9.17) is 15.3 Å². The highest BCUT2D eigenvalue weighted by Gasteiger charge is 2.14. The molecule has 2 aromatic rings. The average Bonchev–Trinajstić information content (AvgIpc) is 2.54. The molecule has 0 fully saturated rings. The van der Waals surface area contributed by atoms with Crippen molar-refractivity contribution in [2.45, 2.75) is 13.0 Å². The lowest BCUT2D eigenvalue weighted by Gasteiger charge is -2.18. The summed E-state index contributed by atoms with van der Waals surface area (Å²) in [4.78, 5) is 8.19. The van der Waals surface area contributed by atoms with Crippen LogP contribution in [0.15, 0.2) is 30.6 Å². The Morgan fingerprint density at radius 2 is 1.71 bits per heavy atom. The zero-order chi connectivity index (χ0) is 15.2. The summed E-state index contributed by atoms with van der Waals surface area (Å²) in [5, 5.41) is 3.28. The van der Waals surface area contributed by atoms with Crippen LogP contribution in [-0.4, -0.2) is 24.2 Å². The number of nitrogen functional groups attached to an aromatic ring is 1. The number of methoxy groups -OCH3 is 2. The Balaban J connectivity index is 2.20. The molecule has 21 heavy (non-hydrogen) atoms. The molecule has 0 bridgehead atoms. The molecule has 1 aromatic carbocycles. The Morgan fingerprint density at radius 1 is 1.05 bits per heavy atom. The fraction of sp³-hybridized carbons (Fsp3) is 0.286. The van der Waals surface area contributed by atoms with Gasteiger partial charge in [0, 0.05) is 0 Å². The van der Waals surface area contributed by atoms with E-state index in [9.17, 15) is 0 Å². The first-order valence-electron chi connectivity index (χ1n) is 6.45. The van der Waals surface area contributed by atoms with Crippen LogP contribution < -0.4 is 26.1 Å². The van der Waals surface area contributed by atoms with Gasteiger partial charge in [0.25, 0.3) is 0 Å². The number of hydrogen-bond donors (Lipinski definition) is 3. The van der Waals surface area contributed by atoms with Crippen LogP contribution >= 0.6 is 0 Å². The average molecular weight is 289 g/mol. The summed E-state index contributed by atoms with van der Waals surface area (Å²) in [6.07, 6.45) is 1.42. The van der Waals surface area contributed by atoms with E-state index in [-0.39, 0.29) is 6.04 Å². The number of ether oxygens (including phenoxy) is 2. The molecule has 1 aromatic heterocycles. The van der Waals surface area contributed by atoms with Gasteiger partial charge in [0.15, 0.2) is 11.6 Å². The summed E-state index contributed by atoms with van der Waals surface area (Å²) in [6, 6.07) is 7.85. The highest BCUT2D eigenvalue weighted by Crippen LogP contribution is 2.31. The molecule has 112 valence electrons. The number of nitrogens with one attached hydrogen (secondary N) is 2. The first kappa shape index (κ1) is 14.9. The Kier molecular flexibility index (Phi) is 4.78. The molecular weight excluding hydrogens is 270 g/mol. The molecule has 0 spiro atoms. The molecule has 1 heterocycles. The fourth-order valence-corrected chi connectivity index (χ4v) is 1.95. The standard InChI is InChI=1S/C14H19N5O2/c1-9(10-4-6-11(20-2)7-5-10)18-13-12(21-3)14(19-15)17-8-16-13/h4-9H,15H2,1-3H3,(H2,16,17,18,19). The van der Waals surface area contributed by atoms with Gasteiger partial charge in [-0.05, 0) is 24.6 Å². The van der Waals surface area contributed by atoms with Crippen molar-refractivity contribution in [2.75, 3.05) is 25.0 Å². The van der Waals surface area contributed by atoms with Gasteiger partial charge in [0.2, 0.25) is 5.75 Å². The summed E-state index contributed by atoms with van der Waals surface area (Å²) in [5.41, 5.74) is 3.58. The zero-order valence-corrected chi connectivity index (χ0v) is 12.3. The molecule has 7 heteroatoms. The molecule has 1 unspecified atom stereocenters. The second-order valence-electron chi connectivity index (χ2n) is 4.39. The third-order valence-electron chi connectivity index (χ3n) is 3.11. The van der Waals surface area contributed by atoms with Crippen LogP contribution in [0, 0.1) is 0 Å². The van der Waals surface area contributed by atoms with E-state index in [1.165, 1.54) is 6.33 Å². The third-order valence-corrected chi connectivity index (χ3v) is 3.11. The summed E-state index contributed by atoms with van der Waals surface area (Å²) in [5.74, 6) is 7.70. The van der Waals surface area contributed by atoms with Gasteiger partial charge in [0.1, 0.15) is 12.1 Å². The Bertz CT molecular complexity index is 588. The number of nitrogens with two attached hydrogens (primary N) is 1. The molecule has 0 aliphatic carbocycles. The predicted octanol–water partition coefficient (Wildman–Crippen LogP) is 1.95. The summed E-state index contributed by atoms with van der Waals surface area (Å²) in [6.45, 7) is 2.03. The van der Waals surface area contributed by atoms with Crippen molar-refractivity contribution in [3.63, 3.8) is 0 Å². The number of hydrogen-bond acceptors (Lipinski definition) is 7. The highest BCUT2D eigenvalue weighted by molar-refractivity contribution is 5.63. The van der Waals surface area contributed by atoms with Crippen molar-refractivity contribution in [3.05, 3.63) is 36.2 Å². The number of nitrogens with zero attached hydrogens (tertiary/aromatic N) is 2. The van der Waals surface area contributed by atoms with E-state index in [2.05, 4.69) is 20.7 Å². The molecular formula is C14H19N5O2. The van der Waals surface area contributed by atoms with Crippen LogP contribution in [0.4, 0.5) is 11.6 Å². The SMILES string of the molecule is COc1ccc(C(C)Nc2ncnc(NN)c2OC)cc1. The minimum absolute atomic E-state index is 0.0327. The summed E-state index contributed by atoms with van der Waals surface area (Å²) >= 11 is 0. The van der Waals surface area contributed by atoms with Crippen LogP contribution in [0.5, 0.6) is 11.5 Å². The predicted molar refractivity (Wildman–Crippen MR) is 81.4 cm³/mol. The zero-order valence-electron chi connectivity index (χ0n) is 12.3. The van der Waals surface area contributed by atoms with Crippen LogP contribution in [-0.2, 0) is 0 Å². The molecule has 1 atom stereocenters. The molecule has 4 N–H and O–H groups in total. The first-order chi connectivity index (χ1) is 10.2. The smallest absolute Gasteiger partial charge is 0.205 e. The van der Waals surface area contributed by atoms with Gasteiger partial charge in [0.05, 0.1) is 20.3 Å². The van der Waals surface area contributed by atoms with E-state index < -0.39 is 0 Å². The number of anilines is 2. The van der Waals surface area contributed by atoms with Gasteiger partial charge in [-0.1, -0.05) is 12.1 Å². The van der Waals surface area contributed by atoms with Gasteiger partial charge in [-0.3, -0.25) is 0 Å². The normalized spacial score (nSPS) is 11.6. The molecule has 0 radical (unpaired) electrons. The molecule has 0 aliphatic heterocycles. The fourth-order valence-electron chi connectivity index (χ4n) is 1.95. The van der Waals surface area contributed by atoms with Crippen molar-refractivity contribution in [2.24, 2.45) is 5.84 Å². The van der Waals surface area contributed by atoms with Gasteiger partial charge in [-0.15, -0.1) is 0 Å². The van der Waals surface area contributed by atoms with E-state index in [1.807, 2.05) is 31.2 Å². The Labute approximate surface area is 123 Å². The lowest BCUT2D eigenvalue weighted by atomic mass is 10.1. The van der Waals surface area contributed by atoms with E-state index >= 15 is 0 Å². The topological polar surface area (TPSA) is 94.3 Å². The van der Waals surface area contributed by atoms with Crippen molar-refractivity contribution in [1.29, 1.82) is 0 Å². The van der Waals surface area contributed by atoms with Gasteiger partial charge >= 0.3 is 0 Å². The number of hydrazine groups is 1. The van der Waals surface area contributed by atoms with Crippen LogP contribution in [0.2, 0.25) is 0 Å². The third kappa shape index (κ3) is 3.32. The Hall–Kier alpha value is -2.54. The lowest BCUT2D eigenvalue weighted by molar-refractivity contribution is 0.413. The largest absolute Gasteiger partial charge is 0.497 e. The highest BCUT2D eigenvalue weighted by atomic mass is 16.5. The lowest BCUT2D eigenvalue weighted by Crippen LogP contribution is -2.14. The van der Waals surface area contributed by atoms with Crippen molar-refractivity contribution in [3.8, 4) is 11.5 Å². The van der Waals surface area contributed by atoms with Crippen LogP contribution in [0.25, 0.3) is 0 Å². The van der Waals surface area contributed by atoms with Gasteiger partial charge in [-0.2, -0.15) is 0 Å². The maximum absolute atomic E-state index is 5.41. The summed E-state index contributed by atoms with van der Waals surface area (Å²) in [7, 11) is 3.19. The van der Waals surface area contributed by atoms with Crippen LogP contribution in [0.3, 0.4) is 0 Å². The first-order valence-corrected chi connectivity index (χ1v) is 6.45. The monoisotopic (exact) mass is 289 g/mol. The molecule has 0 aliphatic rings. The maximum atomic E-state index is 5.41. The minimum atomic E-state index is 0.0327. The number of aromatic nitrogens is 2. The minimum Gasteiger partial charge on any atom is -0.497 e. The van der Waals surface area contributed by atoms with Gasteiger partial charge in [-0.25, -0.2) is 15.8 Å². The molecule has 0 amide bonds. The van der Waals surface area contributed by atoms with Crippen LogP contribution in [0.1, 0.15) is 18.5 Å². The quantitative estimate of drug-likeness (QED) is 0.552. The number of rotatable bonds is 6. The van der Waals surface area contributed by atoms with Crippen molar-refractivity contribution < 1.29 is 9.47 Å². The summed E-state index contributed by atoms with van der Waals surface area (Å²) < 4.78 is 10.4. The molecule has 2 rings (SSSR count). The van der Waals surface area contributed by atoms with E-state index in [0.29, 0.717) is 17.4 Å². The second kappa shape index (κ2) is 6.76. The Morgan fingerprint density at radius 3 is 2.29 bits per heavy atom. The van der Waals surface area contributed by atoms with Crippen molar-refractivity contribution >= 4 is 11.6 Å². The van der Waals surface area contributed by atoms with E-state index in [0.717, 1.165) is 11.3 Å². The van der Waals surface area contributed by atoms with E-state index in [1.54, 1.807) is 14.2 Å². The second-order valence-corrected chi connectivity index (χ2v) is 4.39. The number of benzene rings is 1. The molecule has 0 saturated heterocycles. The van der Waals surface area contributed by atoms with Gasteiger partial charge < -0.3 is 20.2 Å².